The summed E-state index contributed by atoms with van der Waals surface area (Å²) in [6.07, 6.45) is 3.84. The Morgan fingerprint density at radius 2 is 2.10 bits per heavy atom. The van der Waals surface area contributed by atoms with Crippen LogP contribution in [0, 0.1) is 5.92 Å². The number of hydrogen-bond acceptors (Lipinski definition) is 4. The summed E-state index contributed by atoms with van der Waals surface area (Å²) < 4.78 is 5.16. The summed E-state index contributed by atoms with van der Waals surface area (Å²) in [5.74, 6) is 1.38. The van der Waals surface area contributed by atoms with Crippen molar-refractivity contribution in [3.05, 3.63) is 23.8 Å². The van der Waals surface area contributed by atoms with Gasteiger partial charge < -0.3 is 14.8 Å². The summed E-state index contributed by atoms with van der Waals surface area (Å²) in [5.41, 5.74) is 1.54. The summed E-state index contributed by atoms with van der Waals surface area (Å²) in [5, 5.41) is 18.8. The molecule has 1 aliphatic carbocycles. The summed E-state index contributed by atoms with van der Waals surface area (Å²) in [4.78, 5) is 2.45. The van der Waals surface area contributed by atoms with E-state index in [1.807, 2.05) is 18.2 Å². The smallest absolute Gasteiger partial charge is 0.492 e. The average molecular weight is 277 g/mol. The van der Waals surface area contributed by atoms with Crippen LogP contribution in [0.2, 0.25) is 0 Å². The summed E-state index contributed by atoms with van der Waals surface area (Å²) in [6, 6.07) is 5.64. The van der Waals surface area contributed by atoms with Crippen molar-refractivity contribution >= 4 is 12.6 Å². The van der Waals surface area contributed by atoms with Crippen LogP contribution in [-0.2, 0) is 6.54 Å². The van der Waals surface area contributed by atoms with Crippen LogP contribution in [-0.4, -0.2) is 42.3 Å². The predicted octanol–water partition coefficient (Wildman–Crippen LogP) is 0.997. The zero-order valence-corrected chi connectivity index (χ0v) is 12.4. The molecular weight excluding hydrogens is 253 g/mol. The number of benzene rings is 1. The Labute approximate surface area is 121 Å². The Hall–Kier alpha value is -1.04. The molecule has 1 aliphatic rings. The molecule has 0 atom stereocenters. The van der Waals surface area contributed by atoms with Crippen LogP contribution in [0.3, 0.4) is 0 Å². The average Bonchev–Trinajstić information content (AvgIpc) is 3.22. The van der Waals surface area contributed by atoms with E-state index in [4.69, 9.17) is 4.74 Å². The normalized spacial score (nSPS) is 14.7. The van der Waals surface area contributed by atoms with Crippen LogP contribution < -0.4 is 10.2 Å². The third-order valence-corrected chi connectivity index (χ3v) is 3.73. The summed E-state index contributed by atoms with van der Waals surface area (Å²) in [6.45, 7) is 5.28. The molecule has 0 spiro atoms. The quantitative estimate of drug-likeness (QED) is 0.696. The fraction of sp³-hybridized carbons (Fsp3) is 0.600. The highest BCUT2D eigenvalue weighted by atomic mass is 16.5. The van der Waals surface area contributed by atoms with Gasteiger partial charge in [0.2, 0.25) is 0 Å². The number of methoxy groups -OCH3 is 1. The maximum Gasteiger partial charge on any atom is 0.492 e. The van der Waals surface area contributed by atoms with E-state index in [0.717, 1.165) is 37.5 Å². The van der Waals surface area contributed by atoms with Gasteiger partial charge in [-0.2, -0.15) is 0 Å². The topological polar surface area (TPSA) is 52.9 Å². The molecular formula is C15H24BNO3. The molecule has 4 nitrogen and oxygen atoms in total. The minimum Gasteiger partial charge on any atom is -0.497 e. The summed E-state index contributed by atoms with van der Waals surface area (Å²) >= 11 is 0. The largest absolute Gasteiger partial charge is 0.497 e. The minimum atomic E-state index is -1.49. The zero-order chi connectivity index (χ0) is 14.5. The van der Waals surface area contributed by atoms with Crippen LogP contribution in [0.25, 0.3) is 0 Å². The van der Waals surface area contributed by atoms with Gasteiger partial charge in [0.1, 0.15) is 5.75 Å². The van der Waals surface area contributed by atoms with Gasteiger partial charge in [0.05, 0.1) is 7.11 Å². The molecule has 1 fully saturated rings. The van der Waals surface area contributed by atoms with Gasteiger partial charge in [0, 0.05) is 18.6 Å². The Bertz CT molecular complexity index is 435. The Kier molecular flexibility index (Phi) is 5.46. The first-order valence-electron chi connectivity index (χ1n) is 7.39. The van der Waals surface area contributed by atoms with Gasteiger partial charge in [-0.05, 0) is 43.4 Å². The molecule has 110 valence electrons. The second kappa shape index (κ2) is 7.11. The van der Waals surface area contributed by atoms with Gasteiger partial charge in [0.25, 0.3) is 0 Å². The molecule has 0 amide bonds. The van der Waals surface area contributed by atoms with E-state index < -0.39 is 7.12 Å². The lowest BCUT2D eigenvalue weighted by atomic mass is 9.78. The molecule has 0 aromatic heterocycles. The van der Waals surface area contributed by atoms with E-state index >= 15 is 0 Å². The van der Waals surface area contributed by atoms with E-state index in [-0.39, 0.29) is 0 Å². The first-order valence-corrected chi connectivity index (χ1v) is 7.39. The van der Waals surface area contributed by atoms with Crippen molar-refractivity contribution in [2.45, 2.75) is 32.7 Å². The van der Waals surface area contributed by atoms with Gasteiger partial charge in [-0.1, -0.05) is 19.1 Å². The van der Waals surface area contributed by atoms with E-state index in [1.54, 1.807) is 0 Å². The molecule has 20 heavy (non-hydrogen) atoms. The van der Waals surface area contributed by atoms with Gasteiger partial charge >= 0.3 is 7.12 Å². The second-order valence-electron chi connectivity index (χ2n) is 5.63. The highest BCUT2D eigenvalue weighted by Crippen LogP contribution is 2.30. The standard InChI is InChI=1S/C15H24BNO3/c1-3-8-17(10-12-4-5-12)11-13-6-7-15(20-2)14(9-13)16(18)19/h6-7,9,12,18-19H,3-5,8,10-11H2,1-2H3. The van der Waals surface area contributed by atoms with Crippen molar-refractivity contribution in [3.8, 4) is 5.75 Å². The lowest BCUT2D eigenvalue weighted by Gasteiger charge is -2.22. The van der Waals surface area contributed by atoms with Crippen LogP contribution >= 0.6 is 0 Å². The molecule has 0 saturated heterocycles. The van der Waals surface area contributed by atoms with Gasteiger partial charge in [-0.15, -0.1) is 0 Å². The molecule has 1 saturated carbocycles. The molecule has 5 heteroatoms. The van der Waals surface area contributed by atoms with Crippen LogP contribution in [0.15, 0.2) is 18.2 Å². The number of nitrogens with zero attached hydrogens (tertiary/aromatic N) is 1. The van der Waals surface area contributed by atoms with Crippen LogP contribution in [0.1, 0.15) is 31.7 Å². The van der Waals surface area contributed by atoms with Crippen molar-refractivity contribution in [2.24, 2.45) is 5.92 Å². The van der Waals surface area contributed by atoms with Crippen LogP contribution in [0.5, 0.6) is 5.75 Å². The predicted molar refractivity (Wildman–Crippen MR) is 81.1 cm³/mol. The fourth-order valence-electron chi connectivity index (χ4n) is 2.56. The third-order valence-electron chi connectivity index (χ3n) is 3.73. The molecule has 0 unspecified atom stereocenters. The lowest BCUT2D eigenvalue weighted by molar-refractivity contribution is 0.255. The first kappa shape index (κ1) is 15.4. The third kappa shape index (κ3) is 4.23. The van der Waals surface area contributed by atoms with Gasteiger partial charge in [-0.25, -0.2) is 0 Å². The molecule has 1 aromatic rings. The Morgan fingerprint density at radius 1 is 1.35 bits per heavy atom. The molecule has 2 N–H and O–H groups in total. The highest BCUT2D eigenvalue weighted by molar-refractivity contribution is 6.59. The Morgan fingerprint density at radius 3 is 2.65 bits per heavy atom. The highest BCUT2D eigenvalue weighted by Gasteiger charge is 2.24. The molecule has 0 aliphatic heterocycles. The van der Waals surface area contributed by atoms with Crippen molar-refractivity contribution in [1.29, 1.82) is 0 Å². The van der Waals surface area contributed by atoms with E-state index in [1.165, 1.54) is 20.0 Å². The number of hydrogen-bond donors (Lipinski definition) is 2. The molecule has 0 heterocycles. The van der Waals surface area contributed by atoms with E-state index in [9.17, 15) is 10.0 Å². The fourth-order valence-corrected chi connectivity index (χ4v) is 2.56. The van der Waals surface area contributed by atoms with Crippen LogP contribution in [0.4, 0.5) is 0 Å². The Balaban J connectivity index is 2.07. The lowest BCUT2D eigenvalue weighted by Crippen LogP contribution is -2.32. The molecule has 0 radical (unpaired) electrons. The number of ether oxygens (including phenoxy) is 1. The molecule has 0 bridgehead atoms. The van der Waals surface area contributed by atoms with Crippen molar-refractivity contribution < 1.29 is 14.8 Å². The first-order chi connectivity index (χ1) is 9.63. The second-order valence-corrected chi connectivity index (χ2v) is 5.63. The molecule has 2 rings (SSSR count). The minimum absolute atomic E-state index is 0.438. The maximum absolute atomic E-state index is 9.41. The van der Waals surface area contributed by atoms with Crippen molar-refractivity contribution in [3.63, 3.8) is 0 Å². The number of rotatable bonds is 8. The SMILES string of the molecule is CCCN(Cc1ccc(OC)c(B(O)O)c1)CC1CC1. The van der Waals surface area contributed by atoms with E-state index in [0.29, 0.717) is 11.2 Å². The van der Waals surface area contributed by atoms with Gasteiger partial charge in [0.15, 0.2) is 0 Å². The van der Waals surface area contributed by atoms with Crippen molar-refractivity contribution in [1.82, 2.24) is 4.90 Å². The molecule has 1 aromatic carbocycles. The monoisotopic (exact) mass is 277 g/mol. The maximum atomic E-state index is 9.41. The van der Waals surface area contributed by atoms with E-state index in [2.05, 4.69) is 11.8 Å². The summed E-state index contributed by atoms with van der Waals surface area (Å²) in [7, 11) is 0.0464. The van der Waals surface area contributed by atoms with Crippen molar-refractivity contribution in [2.75, 3.05) is 20.2 Å². The van der Waals surface area contributed by atoms with Gasteiger partial charge in [-0.3, -0.25) is 4.90 Å². The zero-order valence-electron chi connectivity index (χ0n) is 12.4.